The fourth-order valence-electron chi connectivity index (χ4n) is 8.24. The Morgan fingerprint density at radius 1 is 0.315 bits per heavy atom. The van der Waals surface area contributed by atoms with E-state index in [9.17, 15) is 0 Å². The molecule has 3 heterocycles. The van der Waals surface area contributed by atoms with Gasteiger partial charge in [-0.1, -0.05) is 140 Å². The SMILES string of the molecule is c1ccc(-c2cc(-c3cc(-n4c5ccccc5c5cc6c7ccccc7n(-c7ccccc7)c6cc54)c4ccccc4c3)nc(-c3ccccc3)n2)cc1. The Balaban J connectivity index is 1.23. The maximum atomic E-state index is 5.24. The molecule has 0 fully saturated rings. The Kier molecular flexibility index (Phi) is 6.82. The van der Waals surface area contributed by atoms with Crippen molar-refractivity contribution in [1.29, 1.82) is 0 Å². The van der Waals surface area contributed by atoms with E-state index in [1.165, 1.54) is 38.0 Å². The van der Waals surface area contributed by atoms with Crippen LogP contribution in [0, 0.1) is 0 Å². The monoisotopic (exact) mass is 688 g/mol. The Hall–Kier alpha value is -7.30. The van der Waals surface area contributed by atoms with Gasteiger partial charge < -0.3 is 9.13 Å². The lowest BCUT2D eigenvalue weighted by molar-refractivity contribution is 1.17. The standard InChI is InChI=1S/C50H32N4/c1-4-16-33(17-5-1)43-31-44(52-50(51-43)34-18-6-2-7-19-34)36-28-35-20-10-11-23-38(35)47(29-36)54-46-27-15-13-25-40(46)42-30-41-39-24-12-14-26-45(39)53(48(41)32-49(42)54)37-21-8-3-9-22-37/h1-32H. The van der Waals surface area contributed by atoms with Gasteiger partial charge in [-0.25, -0.2) is 9.97 Å². The predicted molar refractivity (Wildman–Crippen MR) is 225 cm³/mol. The summed E-state index contributed by atoms with van der Waals surface area (Å²) in [6.45, 7) is 0. The van der Waals surface area contributed by atoms with Crippen molar-refractivity contribution in [2.45, 2.75) is 0 Å². The third-order valence-corrected chi connectivity index (χ3v) is 10.7. The van der Waals surface area contributed by atoms with Crippen LogP contribution in [0.4, 0.5) is 0 Å². The van der Waals surface area contributed by atoms with Crippen molar-refractivity contribution in [2.24, 2.45) is 0 Å². The highest BCUT2D eigenvalue weighted by Gasteiger charge is 2.20. The maximum absolute atomic E-state index is 5.24. The molecular formula is C50H32N4. The molecule has 4 nitrogen and oxygen atoms in total. The van der Waals surface area contributed by atoms with Gasteiger partial charge in [0.1, 0.15) is 0 Å². The van der Waals surface area contributed by atoms with Crippen molar-refractivity contribution in [1.82, 2.24) is 19.1 Å². The lowest BCUT2D eigenvalue weighted by Crippen LogP contribution is -1.99. The van der Waals surface area contributed by atoms with Crippen molar-refractivity contribution in [3.8, 4) is 45.3 Å². The molecule has 0 aliphatic carbocycles. The summed E-state index contributed by atoms with van der Waals surface area (Å²) in [5, 5.41) is 7.26. The van der Waals surface area contributed by atoms with Crippen LogP contribution in [0.1, 0.15) is 0 Å². The highest BCUT2D eigenvalue weighted by Crippen LogP contribution is 2.41. The first-order valence-corrected chi connectivity index (χ1v) is 18.3. The molecule has 0 spiro atoms. The second-order valence-corrected chi connectivity index (χ2v) is 13.8. The molecule has 11 rings (SSSR count). The molecule has 0 bridgehead atoms. The molecule has 0 radical (unpaired) electrons. The van der Waals surface area contributed by atoms with E-state index in [0.717, 1.165) is 55.9 Å². The van der Waals surface area contributed by atoms with Crippen LogP contribution in [0.25, 0.3) is 99.7 Å². The van der Waals surface area contributed by atoms with Crippen molar-refractivity contribution in [2.75, 3.05) is 0 Å². The van der Waals surface area contributed by atoms with Crippen molar-refractivity contribution in [3.63, 3.8) is 0 Å². The average molecular weight is 689 g/mol. The fourth-order valence-corrected chi connectivity index (χ4v) is 8.24. The first-order valence-electron chi connectivity index (χ1n) is 18.3. The van der Waals surface area contributed by atoms with Crippen LogP contribution in [0.3, 0.4) is 0 Å². The Morgan fingerprint density at radius 3 is 1.52 bits per heavy atom. The second-order valence-electron chi connectivity index (χ2n) is 13.8. The molecule has 252 valence electrons. The first-order chi connectivity index (χ1) is 26.8. The molecule has 11 aromatic rings. The maximum Gasteiger partial charge on any atom is 0.160 e. The molecule has 54 heavy (non-hydrogen) atoms. The highest BCUT2D eigenvalue weighted by molar-refractivity contribution is 6.19. The highest BCUT2D eigenvalue weighted by atomic mass is 15.0. The van der Waals surface area contributed by atoms with E-state index in [4.69, 9.17) is 9.97 Å². The topological polar surface area (TPSA) is 35.6 Å². The smallest absolute Gasteiger partial charge is 0.160 e. The minimum absolute atomic E-state index is 0.703. The van der Waals surface area contributed by atoms with E-state index in [0.29, 0.717) is 5.82 Å². The molecule has 8 aromatic carbocycles. The number of hydrogen-bond donors (Lipinski definition) is 0. The summed E-state index contributed by atoms with van der Waals surface area (Å²) in [5.74, 6) is 0.703. The molecule has 0 amide bonds. The van der Waals surface area contributed by atoms with E-state index >= 15 is 0 Å². The van der Waals surface area contributed by atoms with E-state index in [-0.39, 0.29) is 0 Å². The summed E-state index contributed by atoms with van der Waals surface area (Å²) in [6, 6.07) is 69.1. The van der Waals surface area contributed by atoms with Gasteiger partial charge in [-0.3, -0.25) is 0 Å². The minimum Gasteiger partial charge on any atom is -0.309 e. The lowest BCUT2D eigenvalue weighted by Gasteiger charge is -2.15. The summed E-state index contributed by atoms with van der Waals surface area (Å²) in [7, 11) is 0. The van der Waals surface area contributed by atoms with Gasteiger partial charge in [0.2, 0.25) is 0 Å². The van der Waals surface area contributed by atoms with Gasteiger partial charge in [-0.2, -0.15) is 0 Å². The van der Waals surface area contributed by atoms with Crippen molar-refractivity contribution >= 4 is 54.4 Å². The van der Waals surface area contributed by atoms with Gasteiger partial charge in [-0.15, -0.1) is 0 Å². The van der Waals surface area contributed by atoms with Gasteiger partial charge in [0.25, 0.3) is 0 Å². The van der Waals surface area contributed by atoms with Crippen LogP contribution in [-0.2, 0) is 0 Å². The van der Waals surface area contributed by atoms with Crippen LogP contribution in [0.2, 0.25) is 0 Å². The predicted octanol–water partition coefficient (Wildman–Crippen LogP) is 12.8. The molecule has 3 aromatic heterocycles. The van der Waals surface area contributed by atoms with Crippen LogP contribution in [0.5, 0.6) is 0 Å². The number of benzene rings is 8. The first kappa shape index (κ1) is 30.3. The molecular weight excluding hydrogens is 657 g/mol. The summed E-state index contributed by atoms with van der Waals surface area (Å²) >= 11 is 0. The van der Waals surface area contributed by atoms with E-state index < -0.39 is 0 Å². The van der Waals surface area contributed by atoms with E-state index in [1.54, 1.807) is 0 Å². The summed E-state index contributed by atoms with van der Waals surface area (Å²) < 4.78 is 4.86. The molecule has 0 saturated heterocycles. The number of fused-ring (bicyclic) bond motifs is 7. The molecule has 4 heteroatoms. The molecule has 0 unspecified atom stereocenters. The Labute approximate surface area is 311 Å². The third kappa shape index (κ3) is 4.78. The quantitative estimate of drug-likeness (QED) is 0.180. The van der Waals surface area contributed by atoms with Crippen LogP contribution in [-0.4, -0.2) is 19.1 Å². The second kappa shape index (κ2) is 12.1. The number of aromatic nitrogens is 4. The molecule has 0 atom stereocenters. The zero-order chi connectivity index (χ0) is 35.6. The zero-order valence-electron chi connectivity index (χ0n) is 29.3. The molecule has 0 aliphatic heterocycles. The molecule has 0 aliphatic rings. The zero-order valence-corrected chi connectivity index (χ0v) is 29.3. The van der Waals surface area contributed by atoms with Gasteiger partial charge in [0, 0.05) is 49.3 Å². The van der Waals surface area contributed by atoms with Crippen LogP contribution in [0.15, 0.2) is 194 Å². The van der Waals surface area contributed by atoms with Crippen LogP contribution >= 0.6 is 0 Å². The molecule has 0 saturated carbocycles. The van der Waals surface area contributed by atoms with E-state index in [2.05, 4.69) is 179 Å². The van der Waals surface area contributed by atoms with E-state index in [1.807, 2.05) is 24.3 Å². The number of rotatable bonds is 5. The normalized spacial score (nSPS) is 11.7. The fraction of sp³-hybridized carbons (Fsp3) is 0. The number of nitrogens with zero attached hydrogens (tertiary/aromatic N) is 4. The van der Waals surface area contributed by atoms with Gasteiger partial charge in [0.05, 0.1) is 39.1 Å². The Morgan fingerprint density at radius 2 is 0.833 bits per heavy atom. The minimum atomic E-state index is 0.703. The Bertz CT molecular complexity index is 3140. The lowest BCUT2D eigenvalue weighted by atomic mass is 10.0. The number of hydrogen-bond acceptors (Lipinski definition) is 2. The summed E-state index contributed by atoms with van der Waals surface area (Å²) in [4.78, 5) is 10.3. The van der Waals surface area contributed by atoms with Crippen molar-refractivity contribution in [3.05, 3.63) is 194 Å². The van der Waals surface area contributed by atoms with Gasteiger partial charge in [0.15, 0.2) is 5.82 Å². The average Bonchev–Trinajstić information content (AvgIpc) is 3.75. The van der Waals surface area contributed by atoms with Gasteiger partial charge >= 0.3 is 0 Å². The molecule has 0 N–H and O–H groups in total. The summed E-state index contributed by atoms with van der Waals surface area (Å²) in [6.07, 6.45) is 0. The largest absolute Gasteiger partial charge is 0.309 e. The van der Waals surface area contributed by atoms with Crippen LogP contribution < -0.4 is 0 Å². The third-order valence-electron chi connectivity index (χ3n) is 10.7. The summed E-state index contributed by atoms with van der Waals surface area (Å²) in [5.41, 5.74) is 11.8. The number of para-hydroxylation sites is 3. The van der Waals surface area contributed by atoms with Gasteiger partial charge in [-0.05, 0) is 60.0 Å². The van der Waals surface area contributed by atoms with Crippen molar-refractivity contribution < 1.29 is 0 Å².